The molecule has 3 rings (SSSR count). The lowest BCUT2D eigenvalue weighted by atomic mass is 10.1. The number of amides is 1. The summed E-state index contributed by atoms with van der Waals surface area (Å²) in [6, 6.07) is 14.6. The van der Waals surface area contributed by atoms with E-state index in [2.05, 4.69) is 10.3 Å². The highest BCUT2D eigenvalue weighted by molar-refractivity contribution is 6.09. The molecule has 0 spiro atoms. The van der Waals surface area contributed by atoms with Crippen molar-refractivity contribution in [3.63, 3.8) is 0 Å². The molecule has 0 aliphatic rings. The number of benzene rings is 2. The van der Waals surface area contributed by atoms with Gasteiger partial charge < -0.3 is 19.5 Å². The number of hydrogen-bond acceptors (Lipinski definition) is 5. The fraction of sp³-hybridized carbons (Fsp3) is 0.158. The number of pyridine rings is 1. The number of rotatable bonds is 5. The number of fused-ring (bicyclic) bond motifs is 1. The Balaban J connectivity index is 2.03. The van der Waals surface area contributed by atoms with E-state index in [0.717, 1.165) is 10.9 Å². The zero-order valence-electron chi connectivity index (χ0n) is 14.2. The van der Waals surface area contributed by atoms with Gasteiger partial charge >= 0.3 is 0 Å². The van der Waals surface area contributed by atoms with Gasteiger partial charge in [0.25, 0.3) is 5.91 Å². The molecule has 0 atom stereocenters. The maximum Gasteiger partial charge on any atom is 0.263 e. The molecule has 1 aromatic heterocycles. The molecule has 25 heavy (non-hydrogen) atoms. The summed E-state index contributed by atoms with van der Waals surface area (Å²) >= 11 is 0. The quantitative estimate of drug-likeness (QED) is 0.771. The van der Waals surface area contributed by atoms with Crippen LogP contribution < -0.4 is 19.5 Å². The lowest BCUT2D eigenvalue weighted by Crippen LogP contribution is -2.15. The van der Waals surface area contributed by atoms with Gasteiger partial charge in [0.2, 0.25) is 5.88 Å². The first-order valence-electron chi connectivity index (χ1n) is 7.64. The number of anilines is 1. The molecule has 0 unspecified atom stereocenters. The first kappa shape index (κ1) is 16.6. The Kier molecular flexibility index (Phi) is 4.70. The Hall–Kier alpha value is -3.28. The predicted octanol–water partition coefficient (Wildman–Crippen LogP) is 3.51. The number of ether oxygens (including phenoxy) is 3. The summed E-state index contributed by atoms with van der Waals surface area (Å²) < 4.78 is 15.9. The van der Waals surface area contributed by atoms with Crippen LogP contribution in [0.1, 0.15) is 10.4 Å². The van der Waals surface area contributed by atoms with Crippen molar-refractivity contribution < 1.29 is 19.0 Å². The van der Waals surface area contributed by atoms with Crippen LogP contribution in [-0.2, 0) is 0 Å². The van der Waals surface area contributed by atoms with Gasteiger partial charge in [-0.3, -0.25) is 4.79 Å². The average Bonchev–Trinajstić information content (AvgIpc) is 2.66. The fourth-order valence-electron chi connectivity index (χ4n) is 2.60. The predicted molar refractivity (Wildman–Crippen MR) is 95.8 cm³/mol. The summed E-state index contributed by atoms with van der Waals surface area (Å²) in [5.74, 6) is 0.805. The van der Waals surface area contributed by atoms with E-state index in [1.54, 1.807) is 18.2 Å². The highest BCUT2D eigenvalue weighted by atomic mass is 16.5. The molecule has 0 saturated heterocycles. The standard InChI is InChI=1S/C19H18N2O4/c1-23-15-9-6-10-16(24-2)17(15)18(22)20-14-11-12-7-4-5-8-13(12)21-19(14)25-3/h4-11H,1-3H3,(H,20,22). The van der Waals surface area contributed by atoms with Gasteiger partial charge in [0.15, 0.2) is 0 Å². The summed E-state index contributed by atoms with van der Waals surface area (Å²) in [5, 5.41) is 3.73. The van der Waals surface area contributed by atoms with Crippen LogP contribution in [0.4, 0.5) is 5.69 Å². The molecular formula is C19H18N2O4. The molecule has 6 nitrogen and oxygen atoms in total. The van der Waals surface area contributed by atoms with Crippen LogP contribution in [0.15, 0.2) is 48.5 Å². The second-order valence-corrected chi connectivity index (χ2v) is 5.23. The molecule has 1 amide bonds. The lowest BCUT2D eigenvalue weighted by Gasteiger charge is -2.14. The molecule has 0 saturated carbocycles. The van der Waals surface area contributed by atoms with Crippen LogP contribution in [0.2, 0.25) is 0 Å². The molecule has 6 heteroatoms. The Labute approximate surface area is 145 Å². The van der Waals surface area contributed by atoms with Crippen molar-refractivity contribution >= 4 is 22.5 Å². The van der Waals surface area contributed by atoms with Gasteiger partial charge in [-0.25, -0.2) is 4.98 Å². The minimum atomic E-state index is -0.371. The van der Waals surface area contributed by atoms with Crippen molar-refractivity contribution in [2.45, 2.75) is 0 Å². The number of carbonyl (C=O) groups excluding carboxylic acids is 1. The second kappa shape index (κ2) is 7.09. The zero-order chi connectivity index (χ0) is 17.8. The number of carbonyl (C=O) groups is 1. The minimum Gasteiger partial charge on any atom is -0.496 e. The summed E-state index contributed by atoms with van der Waals surface area (Å²) in [6.45, 7) is 0. The van der Waals surface area contributed by atoms with Crippen molar-refractivity contribution in [3.05, 3.63) is 54.1 Å². The average molecular weight is 338 g/mol. The fourth-order valence-corrected chi connectivity index (χ4v) is 2.60. The van der Waals surface area contributed by atoms with E-state index in [4.69, 9.17) is 14.2 Å². The lowest BCUT2D eigenvalue weighted by molar-refractivity contribution is 0.102. The van der Waals surface area contributed by atoms with Crippen molar-refractivity contribution in [2.24, 2.45) is 0 Å². The summed E-state index contributed by atoms with van der Waals surface area (Å²) in [7, 11) is 4.52. The normalized spacial score (nSPS) is 10.4. The van der Waals surface area contributed by atoms with Crippen LogP contribution in [-0.4, -0.2) is 32.2 Å². The molecule has 0 fully saturated rings. The third-order valence-corrected chi connectivity index (χ3v) is 3.79. The van der Waals surface area contributed by atoms with E-state index in [1.807, 2.05) is 30.3 Å². The van der Waals surface area contributed by atoms with Gasteiger partial charge in [0.05, 0.1) is 26.8 Å². The molecule has 1 heterocycles. The number of nitrogens with zero attached hydrogens (tertiary/aromatic N) is 1. The maximum atomic E-state index is 12.8. The molecule has 0 aliphatic heterocycles. The first-order valence-corrected chi connectivity index (χ1v) is 7.64. The number of methoxy groups -OCH3 is 3. The van der Waals surface area contributed by atoms with Crippen molar-refractivity contribution in [1.82, 2.24) is 4.98 Å². The molecule has 2 aromatic carbocycles. The van der Waals surface area contributed by atoms with E-state index in [-0.39, 0.29) is 5.91 Å². The largest absolute Gasteiger partial charge is 0.496 e. The summed E-state index contributed by atoms with van der Waals surface area (Å²) in [4.78, 5) is 17.2. The molecule has 0 radical (unpaired) electrons. The Morgan fingerprint density at radius 3 is 2.24 bits per heavy atom. The zero-order valence-corrected chi connectivity index (χ0v) is 14.2. The van der Waals surface area contributed by atoms with E-state index >= 15 is 0 Å². The monoisotopic (exact) mass is 338 g/mol. The number of aromatic nitrogens is 1. The molecular weight excluding hydrogens is 320 g/mol. The number of para-hydroxylation sites is 1. The van der Waals surface area contributed by atoms with E-state index in [1.165, 1.54) is 21.3 Å². The van der Waals surface area contributed by atoms with Gasteiger partial charge in [-0.05, 0) is 24.3 Å². The molecule has 128 valence electrons. The van der Waals surface area contributed by atoms with Crippen LogP contribution in [0, 0.1) is 0 Å². The SMILES string of the molecule is COc1cccc(OC)c1C(=O)Nc1cc2ccccc2nc1OC. The van der Waals surface area contributed by atoms with Gasteiger partial charge in [-0.1, -0.05) is 24.3 Å². The van der Waals surface area contributed by atoms with Crippen LogP contribution in [0.5, 0.6) is 17.4 Å². The van der Waals surface area contributed by atoms with Gasteiger partial charge in [-0.2, -0.15) is 0 Å². The van der Waals surface area contributed by atoms with Crippen molar-refractivity contribution in [3.8, 4) is 17.4 Å². The Morgan fingerprint density at radius 1 is 0.920 bits per heavy atom. The Morgan fingerprint density at radius 2 is 1.60 bits per heavy atom. The highest BCUT2D eigenvalue weighted by Gasteiger charge is 2.20. The van der Waals surface area contributed by atoms with Crippen molar-refractivity contribution in [1.29, 1.82) is 0 Å². The van der Waals surface area contributed by atoms with Gasteiger partial charge in [0, 0.05) is 5.39 Å². The molecule has 3 aromatic rings. The Bertz CT molecular complexity index is 902. The van der Waals surface area contributed by atoms with Crippen LogP contribution in [0.3, 0.4) is 0 Å². The second-order valence-electron chi connectivity index (χ2n) is 5.23. The van der Waals surface area contributed by atoms with E-state index in [0.29, 0.717) is 28.6 Å². The number of nitrogens with one attached hydrogen (secondary N) is 1. The molecule has 0 bridgehead atoms. The third-order valence-electron chi connectivity index (χ3n) is 3.79. The topological polar surface area (TPSA) is 69.7 Å². The summed E-state index contributed by atoms with van der Waals surface area (Å²) in [6.07, 6.45) is 0. The molecule has 1 N–H and O–H groups in total. The highest BCUT2D eigenvalue weighted by Crippen LogP contribution is 2.31. The van der Waals surface area contributed by atoms with Gasteiger partial charge in [-0.15, -0.1) is 0 Å². The maximum absolute atomic E-state index is 12.8. The minimum absolute atomic E-state index is 0.308. The van der Waals surface area contributed by atoms with Gasteiger partial charge in [0.1, 0.15) is 22.7 Å². The molecule has 0 aliphatic carbocycles. The van der Waals surface area contributed by atoms with E-state index < -0.39 is 0 Å². The van der Waals surface area contributed by atoms with Crippen molar-refractivity contribution in [2.75, 3.05) is 26.6 Å². The third kappa shape index (κ3) is 3.19. The smallest absolute Gasteiger partial charge is 0.263 e. The van der Waals surface area contributed by atoms with Crippen LogP contribution in [0.25, 0.3) is 10.9 Å². The number of hydrogen-bond donors (Lipinski definition) is 1. The van der Waals surface area contributed by atoms with Crippen LogP contribution >= 0.6 is 0 Å². The van der Waals surface area contributed by atoms with E-state index in [9.17, 15) is 4.79 Å². The summed E-state index contributed by atoms with van der Waals surface area (Å²) in [5.41, 5.74) is 1.56. The first-order chi connectivity index (χ1) is 12.2.